The maximum Gasteiger partial charge on any atom is -0.0236 e. The van der Waals surface area contributed by atoms with E-state index < -0.39 is 0 Å². The van der Waals surface area contributed by atoms with Gasteiger partial charge in [-0.1, -0.05) is 38.7 Å². The van der Waals surface area contributed by atoms with Crippen molar-refractivity contribution in [1.82, 2.24) is 0 Å². The van der Waals surface area contributed by atoms with Crippen LogP contribution in [0.3, 0.4) is 0 Å². The molecule has 64 valence electrons. The Balaban J connectivity index is 2.31. The first-order chi connectivity index (χ1) is 5.33. The topological polar surface area (TPSA) is 0 Å². The molecule has 1 saturated carbocycles. The van der Waals surface area contributed by atoms with Crippen LogP contribution < -0.4 is 0 Å². The first-order valence-corrected chi connectivity index (χ1v) is 4.95. The molecule has 0 aromatic heterocycles. The van der Waals surface area contributed by atoms with Gasteiger partial charge in [0.1, 0.15) is 0 Å². The summed E-state index contributed by atoms with van der Waals surface area (Å²) in [6, 6.07) is 0. The van der Waals surface area contributed by atoms with E-state index in [0.717, 1.165) is 11.8 Å². The quantitative estimate of drug-likeness (QED) is 0.502. The number of allylic oxidation sites excluding steroid dienone is 1. The summed E-state index contributed by atoms with van der Waals surface area (Å²) in [6.07, 6.45) is 10.6. The van der Waals surface area contributed by atoms with Crippen molar-refractivity contribution >= 4 is 0 Å². The van der Waals surface area contributed by atoms with Crippen LogP contribution in [0.1, 0.15) is 45.4 Å². The predicted molar refractivity (Wildman–Crippen MR) is 50.6 cm³/mol. The SMILES string of the molecule is C=CC1CCCCC(C)CC1. The molecule has 0 aromatic carbocycles. The van der Waals surface area contributed by atoms with Crippen LogP contribution in [0.2, 0.25) is 0 Å². The summed E-state index contributed by atoms with van der Waals surface area (Å²) >= 11 is 0. The Morgan fingerprint density at radius 3 is 2.55 bits per heavy atom. The molecule has 0 heteroatoms. The highest BCUT2D eigenvalue weighted by molar-refractivity contribution is 4.80. The molecule has 0 heterocycles. The average molecular weight is 152 g/mol. The molecule has 0 N–H and O–H groups in total. The molecule has 1 rings (SSSR count). The smallest absolute Gasteiger partial charge is 0.0236 e. The lowest BCUT2D eigenvalue weighted by atomic mass is 9.86. The first-order valence-electron chi connectivity index (χ1n) is 4.95. The zero-order valence-electron chi connectivity index (χ0n) is 7.68. The third-order valence-corrected chi connectivity index (χ3v) is 2.89. The lowest BCUT2D eigenvalue weighted by Gasteiger charge is -2.19. The maximum atomic E-state index is 3.88. The molecule has 0 saturated heterocycles. The zero-order valence-corrected chi connectivity index (χ0v) is 7.68. The minimum atomic E-state index is 0.817. The van der Waals surface area contributed by atoms with Crippen molar-refractivity contribution in [2.75, 3.05) is 0 Å². The molecule has 1 aliphatic rings. The number of rotatable bonds is 1. The summed E-state index contributed by atoms with van der Waals surface area (Å²) in [5, 5.41) is 0. The van der Waals surface area contributed by atoms with Crippen molar-refractivity contribution in [1.29, 1.82) is 0 Å². The van der Waals surface area contributed by atoms with Gasteiger partial charge in [-0.25, -0.2) is 0 Å². The van der Waals surface area contributed by atoms with E-state index in [2.05, 4.69) is 19.6 Å². The van der Waals surface area contributed by atoms with Gasteiger partial charge >= 0.3 is 0 Å². The number of hydrogen-bond acceptors (Lipinski definition) is 0. The van der Waals surface area contributed by atoms with E-state index in [1.54, 1.807) is 0 Å². The lowest BCUT2D eigenvalue weighted by Crippen LogP contribution is -2.05. The van der Waals surface area contributed by atoms with Gasteiger partial charge in [0.05, 0.1) is 0 Å². The Bertz CT molecular complexity index is 115. The van der Waals surface area contributed by atoms with Crippen LogP contribution in [0.25, 0.3) is 0 Å². The maximum absolute atomic E-state index is 3.88. The van der Waals surface area contributed by atoms with Gasteiger partial charge in [-0.05, 0) is 24.7 Å². The van der Waals surface area contributed by atoms with Crippen LogP contribution in [-0.4, -0.2) is 0 Å². The van der Waals surface area contributed by atoms with Crippen LogP contribution in [0.4, 0.5) is 0 Å². The first kappa shape index (κ1) is 8.83. The fraction of sp³-hybridized carbons (Fsp3) is 0.818. The summed E-state index contributed by atoms with van der Waals surface area (Å²) in [4.78, 5) is 0. The van der Waals surface area contributed by atoms with Crippen molar-refractivity contribution in [3.8, 4) is 0 Å². The fourth-order valence-corrected chi connectivity index (χ4v) is 1.92. The highest BCUT2D eigenvalue weighted by Gasteiger charge is 2.11. The Morgan fingerprint density at radius 1 is 1.09 bits per heavy atom. The highest BCUT2D eigenvalue weighted by atomic mass is 14.2. The van der Waals surface area contributed by atoms with Crippen molar-refractivity contribution in [3.63, 3.8) is 0 Å². The van der Waals surface area contributed by atoms with Crippen molar-refractivity contribution < 1.29 is 0 Å². The molecule has 0 nitrogen and oxygen atoms in total. The summed E-state index contributed by atoms with van der Waals surface area (Å²) in [5.74, 6) is 1.77. The van der Waals surface area contributed by atoms with Crippen molar-refractivity contribution in [3.05, 3.63) is 12.7 Å². The van der Waals surface area contributed by atoms with Crippen molar-refractivity contribution in [2.24, 2.45) is 11.8 Å². The van der Waals surface area contributed by atoms with Crippen LogP contribution in [-0.2, 0) is 0 Å². The van der Waals surface area contributed by atoms with E-state index in [9.17, 15) is 0 Å². The van der Waals surface area contributed by atoms with Gasteiger partial charge in [0, 0.05) is 0 Å². The summed E-state index contributed by atoms with van der Waals surface area (Å²) < 4.78 is 0. The van der Waals surface area contributed by atoms with Crippen LogP contribution in [0, 0.1) is 11.8 Å². The second kappa shape index (κ2) is 4.58. The fourth-order valence-electron chi connectivity index (χ4n) is 1.92. The molecule has 1 fully saturated rings. The monoisotopic (exact) mass is 152 g/mol. The molecule has 0 aromatic rings. The third-order valence-electron chi connectivity index (χ3n) is 2.89. The zero-order chi connectivity index (χ0) is 8.10. The van der Waals surface area contributed by atoms with E-state index in [0.29, 0.717) is 0 Å². The summed E-state index contributed by atoms with van der Waals surface area (Å²) in [6.45, 7) is 6.26. The van der Waals surface area contributed by atoms with Gasteiger partial charge in [-0.2, -0.15) is 0 Å². The van der Waals surface area contributed by atoms with Crippen LogP contribution in [0.5, 0.6) is 0 Å². The van der Waals surface area contributed by atoms with E-state index in [4.69, 9.17) is 0 Å². The molecule has 0 aliphatic heterocycles. The van der Waals surface area contributed by atoms with E-state index in [1.165, 1.54) is 38.5 Å². The van der Waals surface area contributed by atoms with Gasteiger partial charge in [0.25, 0.3) is 0 Å². The standard InChI is InChI=1S/C11H20/c1-3-11-7-5-4-6-10(2)8-9-11/h3,10-11H,1,4-9H2,2H3. The van der Waals surface area contributed by atoms with Gasteiger partial charge in [0.2, 0.25) is 0 Å². The Hall–Kier alpha value is -0.260. The van der Waals surface area contributed by atoms with Gasteiger partial charge < -0.3 is 0 Å². The second-order valence-corrected chi connectivity index (χ2v) is 3.96. The molecular weight excluding hydrogens is 132 g/mol. The average Bonchev–Trinajstić information content (AvgIpc) is 1.98. The van der Waals surface area contributed by atoms with Crippen LogP contribution >= 0.6 is 0 Å². The lowest BCUT2D eigenvalue weighted by molar-refractivity contribution is 0.362. The van der Waals surface area contributed by atoms with E-state index >= 15 is 0 Å². The molecule has 0 bridgehead atoms. The van der Waals surface area contributed by atoms with E-state index in [1.807, 2.05) is 0 Å². The van der Waals surface area contributed by atoms with Gasteiger partial charge in [-0.3, -0.25) is 0 Å². The highest BCUT2D eigenvalue weighted by Crippen LogP contribution is 2.26. The summed E-state index contributed by atoms with van der Waals surface area (Å²) in [7, 11) is 0. The molecule has 11 heavy (non-hydrogen) atoms. The molecule has 2 unspecified atom stereocenters. The molecular formula is C11H20. The molecule has 1 aliphatic carbocycles. The second-order valence-electron chi connectivity index (χ2n) is 3.96. The normalized spacial score (nSPS) is 33.9. The van der Waals surface area contributed by atoms with E-state index in [-0.39, 0.29) is 0 Å². The molecule has 0 radical (unpaired) electrons. The Morgan fingerprint density at radius 2 is 1.82 bits per heavy atom. The summed E-state index contributed by atoms with van der Waals surface area (Å²) in [5.41, 5.74) is 0. The van der Waals surface area contributed by atoms with Gasteiger partial charge in [-0.15, -0.1) is 6.58 Å². The minimum Gasteiger partial charge on any atom is -0.103 e. The molecule has 2 atom stereocenters. The number of hydrogen-bond donors (Lipinski definition) is 0. The Kier molecular flexibility index (Phi) is 3.68. The van der Waals surface area contributed by atoms with Crippen molar-refractivity contribution in [2.45, 2.75) is 45.4 Å². The molecule has 0 amide bonds. The Labute approximate surface area is 70.7 Å². The molecule has 0 spiro atoms. The third kappa shape index (κ3) is 3.09. The largest absolute Gasteiger partial charge is 0.103 e. The van der Waals surface area contributed by atoms with Crippen LogP contribution in [0.15, 0.2) is 12.7 Å². The minimum absolute atomic E-state index is 0.817. The predicted octanol–water partition coefficient (Wildman–Crippen LogP) is 3.78. The van der Waals surface area contributed by atoms with Gasteiger partial charge in [0.15, 0.2) is 0 Å².